The molecule has 0 radical (unpaired) electrons. The van der Waals surface area contributed by atoms with Gasteiger partial charge in [0.2, 0.25) is 0 Å². The molecule has 8 heteroatoms. The van der Waals surface area contributed by atoms with E-state index >= 15 is 0 Å². The van der Waals surface area contributed by atoms with Crippen molar-refractivity contribution in [3.8, 4) is 0 Å². The second kappa shape index (κ2) is 9.16. The summed E-state index contributed by atoms with van der Waals surface area (Å²) >= 11 is 12.6. The van der Waals surface area contributed by atoms with E-state index in [9.17, 15) is 14.7 Å². The van der Waals surface area contributed by atoms with Gasteiger partial charge in [-0.05, 0) is 80.1 Å². The molecule has 0 aromatic heterocycles. The number of piperazine rings is 1. The van der Waals surface area contributed by atoms with Gasteiger partial charge in [0, 0.05) is 29.7 Å². The van der Waals surface area contributed by atoms with Crippen LogP contribution in [0.15, 0.2) is 36.4 Å². The van der Waals surface area contributed by atoms with Gasteiger partial charge in [0.05, 0.1) is 6.04 Å². The van der Waals surface area contributed by atoms with Crippen molar-refractivity contribution in [2.75, 3.05) is 19.6 Å². The number of ether oxygens (including phenoxy) is 1. The lowest BCUT2D eigenvalue weighted by Gasteiger charge is -2.43. The highest BCUT2D eigenvalue weighted by atomic mass is 35.5. The number of carbonyl (C=O) groups is 2. The van der Waals surface area contributed by atoms with Crippen LogP contribution < -0.4 is 0 Å². The molecule has 2 aromatic rings. The molecule has 6 nitrogen and oxygen atoms in total. The molecule has 176 valence electrons. The van der Waals surface area contributed by atoms with E-state index in [1.807, 2.05) is 36.4 Å². The van der Waals surface area contributed by atoms with Gasteiger partial charge >= 0.3 is 12.1 Å². The normalized spacial score (nSPS) is 19.4. The first-order valence-electron chi connectivity index (χ1n) is 11.1. The predicted octanol–water partition coefficient (Wildman–Crippen LogP) is 5.19. The zero-order valence-corrected chi connectivity index (χ0v) is 20.5. The van der Waals surface area contributed by atoms with Gasteiger partial charge in [-0.3, -0.25) is 9.80 Å². The Hall–Kier alpha value is -2.28. The molecular weight excluding hydrogens is 463 g/mol. The number of halogens is 2. The molecule has 1 aliphatic carbocycles. The van der Waals surface area contributed by atoms with Crippen LogP contribution in [-0.4, -0.2) is 58.2 Å². The van der Waals surface area contributed by atoms with Crippen LogP contribution in [0.5, 0.6) is 0 Å². The number of fused-ring (bicyclic) bond motifs is 2. The molecule has 1 saturated heterocycles. The monoisotopic (exact) mass is 490 g/mol. The minimum absolute atomic E-state index is 0.158. The number of carboxylic acid groups (broad SMARTS) is 1. The third-order valence-electron chi connectivity index (χ3n) is 6.15. The number of hydrogen-bond donors (Lipinski definition) is 1. The number of aryl methyl sites for hydroxylation is 2. The summed E-state index contributed by atoms with van der Waals surface area (Å²) < 4.78 is 5.47. The third-order valence-corrected chi connectivity index (χ3v) is 6.62. The van der Waals surface area contributed by atoms with E-state index in [0.29, 0.717) is 16.6 Å². The van der Waals surface area contributed by atoms with Crippen LogP contribution in [0.2, 0.25) is 10.0 Å². The van der Waals surface area contributed by atoms with Gasteiger partial charge in [-0.2, -0.15) is 0 Å². The maximum atomic E-state index is 12.7. The summed E-state index contributed by atoms with van der Waals surface area (Å²) in [5, 5.41) is 11.3. The van der Waals surface area contributed by atoms with Crippen molar-refractivity contribution in [1.29, 1.82) is 0 Å². The highest BCUT2D eigenvalue weighted by molar-refractivity contribution is 6.31. The number of carbonyl (C=O) groups excluding carboxylic acids is 1. The van der Waals surface area contributed by atoms with Crippen molar-refractivity contribution in [2.24, 2.45) is 0 Å². The first kappa shape index (κ1) is 23.9. The molecule has 1 N–H and O–H groups in total. The fraction of sp³-hybridized carbons (Fsp3) is 0.440. The van der Waals surface area contributed by atoms with Gasteiger partial charge in [-0.25, -0.2) is 9.59 Å². The van der Waals surface area contributed by atoms with E-state index in [4.69, 9.17) is 27.9 Å². The Balaban J connectivity index is 1.71. The van der Waals surface area contributed by atoms with Crippen molar-refractivity contribution in [1.82, 2.24) is 9.80 Å². The summed E-state index contributed by atoms with van der Waals surface area (Å²) in [6.07, 6.45) is 1.04. The van der Waals surface area contributed by atoms with E-state index in [-0.39, 0.29) is 19.1 Å². The van der Waals surface area contributed by atoms with Crippen molar-refractivity contribution in [3.05, 3.63) is 68.7 Å². The standard InChI is InChI=1S/C25H28Cl2N2O4/c1-25(2,3)33-24(32)29-11-10-28(14-21(29)23(30)31)22-19-8-6-17(26)12-15(19)4-5-16-13-18(27)7-9-20(16)22/h6-9,12-13,21-22H,4-5,10-11,14H2,1-3H3,(H,30,31)/t21-/m1/s1. The molecule has 4 rings (SSSR count). The molecule has 1 aliphatic heterocycles. The summed E-state index contributed by atoms with van der Waals surface area (Å²) in [4.78, 5) is 28.4. The molecule has 1 fully saturated rings. The Morgan fingerprint density at radius 1 is 0.970 bits per heavy atom. The van der Waals surface area contributed by atoms with Crippen LogP contribution in [0.25, 0.3) is 0 Å². The Bertz CT molecular complexity index is 1030. The van der Waals surface area contributed by atoms with Crippen molar-refractivity contribution >= 4 is 35.3 Å². The van der Waals surface area contributed by atoms with Crippen LogP contribution in [-0.2, 0) is 22.4 Å². The zero-order valence-electron chi connectivity index (χ0n) is 19.0. The van der Waals surface area contributed by atoms with Crippen LogP contribution >= 0.6 is 23.2 Å². The fourth-order valence-electron chi connectivity index (χ4n) is 4.73. The van der Waals surface area contributed by atoms with E-state index in [1.54, 1.807) is 20.8 Å². The van der Waals surface area contributed by atoms with Crippen LogP contribution in [0.3, 0.4) is 0 Å². The van der Waals surface area contributed by atoms with Crippen LogP contribution in [0.4, 0.5) is 4.79 Å². The quantitative estimate of drug-likeness (QED) is 0.627. The second-order valence-electron chi connectivity index (χ2n) is 9.61. The average Bonchev–Trinajstić information content (AvgIpc) is 2.88. The molecule has 0 saturated carbocycles. The number of aliphatic carboxylic acids is 1. The largest absolute Gasteiger partial charge is 0.480 e. The number of rotatable bonds is 2. The summed E-state index contributed by atoms with van der Waals surface area (Å²) in [6, 6.07) is 10.6. The Labute approximate surface area is 204 Å². The molecule has 2 aliphatic rings. The second-order valence-corrected chi connectivity index (χ2v) is 10.5. The predicted molar refractivity (Wildman–Crippen MR) is 128 cm³/mol. The highest BCUT2D eigenvalue weighted by Gasteiger charge is 2.41. The summed E-state index contributed by atoms with van der Waals surface area (Å²) in [5.74, 6) is -1.05. The fourth-order valence-corrected chi connectivity index (χ4v) is 5.12. The number of carboxylic acids is 1. The van der Waals surface area contributed by atoms with Gasteiger partial charge in [-0.15, -0.1) is 0 Å². The third kappa shape index (κ3) is 5.13. The van der Waals surface area contributed by atoms with Gasteiger partial charge in [-0.1, -0.05) is 35.3 Å². The average molecular weight is 491 g/mol. The highest BCUT2D eigenvalue weighted by Crippen LogP contribution is 2.39. The first-order chi connectivity index (χ1) is 15.5. The Kier molecular flexibility index (Phi) is 6.63. The molecule has 0 spiro atoms. The van der Waals surface area contributed by atoms with Crippen molar-refractivity contribution < 1.29 is 19.4 Å². The van der Waals surface area contributed by atoms with E-state index in [1.165, 1.54) is 4.90 Å². The van der Waals surface area contributed by atoms with Gasteiger partial charge in [0.1, 0.15) is 11.6 Å². The van der Waals surface area contributed by atoms with Crippen molar-refractivity contribution in [2.45, 2.75) is 51.3 Å². The molecule has 1 atom stereocenters. The smallest absolute Gasteiger partial charge is 0.411 e. The SMILES string of the molecule is CC(C)(C)OC(=O)N1CCN(C2c3ccc(Cl)cc3CCc3cc(Cl)ccc32)C[C@@H]1C(=O)O. The Morgan fingerprint density at radius 3 is 2.00 bits per heavy atom. The molecule has 2 aromatic carbocycles. The van der Waals surface area contributed by atoms with E-state index < -0.39 is 23.7 Å². The molecule has 1 amide bonds. The van der Waals surface area contributed by atoms with Crippen molar-refractivity contribution in [3.63, 3.8) is 0 Å². The van der Waals surface area contributed by atoms with E-state index in [2.05, 4.69) is 4.90 Å². The first-order valence-corrected chi connectivity index (χ1v) is 11.8. The summed E-state index contributed by atoms with van der Waals surface area (Å²) in [6.45, 7) is 6.27. The number of hydrogen-bond acceptors (Lipinski definition) is 4. The lowest BCUT2D eigenvalue weighted by Crippen LogP contribution is -2.59. The Morgan fingerprint density at radius 2 is 1.52 bits per heavy atom. The van der Waals surface area contributed by atoms with Crippen LogP contribution in [0.1, 0.15) is 49.1 Å². The molecule has 33 heavy (non-hydrogen) atoms. The number of amides is 1. The van der Waals surface area contributed by atoms with Gasteiger partial charge < -0.3 is 9.84 Å². The molecule has 0 bridgehead atoms. The maximum Gasteiger partial charge on any atom is 0.411 e. The minimum atomic E-state index is -1.05. The number of nitrogens with zero attached hydrogens (tertiary/aromatic N) is 2. The number of benzene rings is 2. The van der Waals surface area contributed by atoms with Gasteiger partial charge in [0.15, 0.2) is 0 Å². The summed E-state index contributed by atoms with van der Waals surface area (Å²) in [5.41, 5.74) is 3.79. The maximum absolute atomic E-state index is 12.7. The minimum Gasteiger partial charge on any atom is -0.480 e. The summed E-state index contributed by atoms with van der Waals surface area (Å²) in [7, 11) is 0. The molecular formula is C25H28Cl2N2O4. The lowest BCUT2D eigenvalue weighted by molar-refractivity contribution is -0.146. The van der Waals surface area contributed by atoms with Crippen LogP contribution in [0, 0.1) is 0 Å². The zero-order chi connectivity index (χ0) is 23.9. The van der Waals surface area contributed by atoms with Gasteiger partial charge in [0.25, 0.3) is 0 Å². The lowest BCUT2D eigenvalue weighted by atomic mass is 9.92. The molecule has 0 unspecified atom stereocenters. The van der Waals surface area contributed by atoms with E-state index in [0.717, 1.165) is 35.1 Å². The topological polar surface area (TPSA) is 70.1 Å². The molecule has 1 heterocycles.